The quantitative estimate of drug-likeness (QED) is 0.572. The minimum atomic E-state index is 0.494. The van der Waals surface area contributed by atoms with Crippen LogP contribution in [0.2, 0.25) is 5.02 Å². The summed E-state index contributed by atoms with van der Waals surface area (Å²) in [6.07, 6.45) is 3.70. The fourth-order valence-electron chi connectivity index (χ4n) is 2.80. The van der Waals surface area contributed by atoms with Crippen molar-refractivity contribution in [3.8, 4) is 5.75 Å². The van der Waals surface area contributed by atoms with E-state index < -0.39 is 0 Å². The van der Waals surface area contributed by atoms with Gasteiger partial charge in [-0.1, -0.05) is 51.9 Å². The van der Waals surface area contributed by atoms with E-state index in [-0.39, 0.29) is 0 Å². The number of piperidine rings is 1. The first-order valence-corrected chi connectivity index (χ1v) is 9.67. The molecule has 3 rings (SSSR count). The fraction of sp³-hybridized carbons (Fsp3) is 0.316. The molecule has 2 aromatic rings. The van der Waals surface area contributed by atoms with Crippen molar-refractivity contribution < 1.29 is 4.74 Å². The standard InChI is InChI=1S/C19H19BrClNOS/c20-15-6-9-18(23-13-14-4-7-16(21)8-5-14)17(12-15)19(24)22-10-2-1-3-11-22/h4-9,12H,1-3,10-11,13H2. The van der Waals surface area contributed by atoms with E-state index in [1.165, 1.54) is 19.3 Å². The maximum Gasteiger partial charge on any atom is 0.130 e. The number of thiocarbonyl (C=S) groups is 1. The summed E-state index contributed by atoms with van der Waals surface area (Å²) in [5.74, 6) is 0.823. The summed E-state index contributed by atoms with van der Waals surface area (Å²) in [7, 11) is 0. The number of hydrogen-bond donors (Lipinski definition) is 0. The van der Waals surface area contributed by atoms with E-state index >= 15 is 0 Å². The van der Waals surface area contributed by atoms with Crippen molar-refractivity contribution in [3.63, 3.8) is 0 Å². The Morgan fingerprint density at radius 3 is 2.50 bits per heavy atom. The third-order valence-corrected chi connectivity index (χ3v) is 5.35. The fourth-order valence-corrected chi connectivity index (χ4v) is 3.63. The molecule has 126 valence electrons. The Labute approximate surface area is 161 Å². The highest BCUT2D eigenvalue weighted by Crippen LogP contribution is 2.27. The molecule has 24 heavy (non-hydrogen) atoms. The Hall–Kier alpha value is -1.10. The predicted molar refractivity (Wildman–Crippen MR) is 107 cm³/mol. The molecule has 0 spiro atoms. The van der Waals surface area contributed by atoms with Crippen LogP contribution in [-0.2, 0) is 6.61 Å². The molecule has 1 aliphatic rings. The van der Waals surface area contributed by atoms with Gasteiger partial charge >= 0.3 is 0 Å². The molecule has 0 aliphatic carbocycles. The van der Waals surface area contributed by atoms with Gasteiger partial charge < -0.3 is 9.64 Å². The molecule has 0 atom stereocenters. The molecular formula is C19H19BrClNOS. The highest BCUT2D eigenvalue weighted by atomic mass is 79.9. The highest BCUT2D eigenvalue weighted by molar-refractivity contribution is 9.10. The molecule has 0 unspecified atom stereocenters. The van der Waals surface area contributed by atoms with Crippen molar-refractivity contribution >= 4 is 44.7 Å². The Morgan fingerprint density at radius 2 is 1.79 bits per heavy atom. The van der Waals surface area contributed by atoms with Gasteiger partial charge in [0.2, 0.25) is 0 Å². The van der Waals surface area contributed by atoms with Gasteiger partial charge in [0.05, 0.1) is 5.56 Å². The van der Waals surface area contributed by atoms with Gasteiger partial charge in [0, 0.05) is 22.6 Å². The van der Waals surface area contributed by atoms with Crippen LogP contribution >= 0.6 is 39.7 Å². The lowest BCUT2D eigenvalue weighted by molar-refractivity contribution is 0.303. The Kier molecular flexibility index (Phi) is 6.14. The van der Waals surface area contributed by atoms with Gasteiger partial charge in [-0.05, 0) is 55.2 Å². The van der Waals surface area contributed by atoms with Crippen LogP contribution in [0.4, 0.5) is 0 Å². The van der Waals surface area contributed by atoms with Crippen LogP contribution in [0.25, 0.3) is 0 Å². The van der Waals surface area contributed by atoms with Crippen LogP contribution in [0.3, 0.4) is 0 Å². The maximum absolute atomic E-state index is 6.05. The molecule has 1 fully saturated rings. The molecule has 0 radical (unpaired) electrons. The number of nitrogens with zero attached hydrogens (tertiary/aromatic N) is 1. The number of benzene rings is 2. The third-order valence-electron chi connectivity index (χ3n) is 4.12. The predicted octanol–water partition coefficient (Wildman–Crippen LogP) is 5.84. The SMILES string of the molecule is S=C(c1cc(Br)ccc1OCc1ccc(Cl)cc1)N1CCCCC1. The molecule has 0 N–H and O–H groups in total. The third kappa shape index (κ3) is 4.50. The lowest BCUT2D eigenvalue weighted by Crippen LogP contribution is -2.35. The Balaban J connectivity index is 1.77. The van der Waals surface area contributed by atoms with E-state index in [1.807, 2.05) is 42.5 Å². The summed E-state index contributed by atoms with van der Waals surface area (Å²) < 4.78 is 7.06. The number of likely N-dealkylation sites (tertiary alicyclic amines) is 1. The maximum atomic E-state index is 6.05. The first kappa shape index (κ1) is 17.7. The minimum absolute atomic E-state index is 0.494. The smallest absolute Gasteiger partial charge is 0.130 e. The van der Waals surface area contributed by atoms with Crippen molar-refractivity contribution in [2.45, 2.75) is 25.9 Å². The second kappa shape index (κ2) is 8.32. The molecule has 0 amide bonds. The first-order valence-electron chi connectivity index (χ1n) is 8.09. The summed E-state index contributed by atoms with van der Waals surface area (Å²) in [6.45, 7) is 2.55. The van der Waals surface area contributed by atoms with Gasteiger partial charge in [0.25, 0.3) is 0 Å². The summed E-state index contributed by atoms with van der Waals surface area (Å²) in [5.41, 5.74) is 2.06. The van der Waals surface area contributed by atoms with E-state index in [2.05, 4.69) is 20.8 Å². The van der Waals surface area contributed by atoms with E-state index in [0.717, 1.165) is 44.4 Å². The van der Waals surface area contributed by atoms with Crippen LogP contribution in [0.15, 0.2) is 46.9 Å². The topological polar surface area (TPSA) is 12.5 Å². The van der Waals surface area contributed by atoms with Crippen molar-refractivity contribution in [1.82, 2.24) is 4.90 Å². The van der Waals surface area contributed by atoms with Crippen molar-refractivity contribution in [3.05, 3.63) is 63.1 Å². The van der Waals surface area contributed by atoms with E-state index in [0.29, 0.717) is 6.61 Å². The lowest BCUT2D eigenvalue weighted by Gasteiger charge is -2.30. The Morgan fingerprint density at radius 1 is 1.08 bits per heavy atom. The van der Waals surface area contributed by atoms with Crippen LogP contribution < -0.4 is 4.74 Å². The summed E-state index contributed by atoms with van der Waals surface area (Å²) >= 11 is 15.2. The first-order chi connectivity index (χ1) is 11.6. The van der Waals surface area contributed by atoms with E-state index in [9.17, 15) is 0 Å². The van der Waals surface area contributed by atoms with Crippen molar-refractivity contribution in [2.24, 2.45) is 0 Å². The second-order valence-electron chi connectivity index (χ2n) is 5.91. The molecule has 2 aromatic carbocycles. The van der Waals surface area contributed by atoms with Crippen LogP contribution in [0, 0.1) is 0 Å². The number of rotatable bonds is 4. The molecule has 1 aliphatic heterocycles. The average Bonchev–Trinajstić information content (AvgIpc) is 2.62. The van der Waals surface area contributed by atoms with Gasteiger partial charge in [-0.2, -0.15) is 0 Å². The molecular weight excluding hydrogens is 406 g/mol. The summed E-state index contributed by atoms with van der Waals surface area (Å²) in [5, 5.41) is 0.731. The van der Waals surface area contributed by atoms with E-state index in [4.69, 9.17) is 28.6 Å². The van der Waals surface area contributed by atoms with Crippen molar-refractivity contribution in [1.29, 1.82) is 0 Å². The molecule has 0 aromatic heterocycles. The second-order valence-corrected chi connectivity index (χ2v) is 7.65. The molecule has 1 heterocycles. The van der Waals surface area contributed by atoms with Crippen molar-refractivity contribution in [2.75, 3.05) is 13.1 Å². The lowest BCUT2D eigenvalue weighted by atomic mass is 10.1. The van der Waals surface area contributed by atoms with Gasteiger partial charge in [-0.25, -0.2) is 0 Å². The molecule has 0 bridgehead atoms. The van der Waals surface area contributed by atoms with Crippen LogP contribution in [-0.4, -0.2) is 23.0 Å². The van der Waals surface area contributed by atoms with Crippen LogP contribution in [0.5, 0.6) is 5.75 Å². The van der Waals surface area contributed by atoms with Gasteiger partial charge in [-0.3, -0.25) is 0 Å². The van der Waals surface area contributed by atoms with Gasteiger partial charge in [-0.15, -0.1) is 0 Å². The van der Waals surface area contributed by atoms with E-state index in [1.54, 1.807) is 0 Å². The van der Waals surface area contributed by atoms with Gasteiger partial charge in [0.15, 0.2) is 0 Å². The summed E-state index contributed by atoms with van der Waals surface area (Å²) in [6, 6.07) is 13.7. The number of halogens is 2. The Bertz CT molecular complexity index is 714. The number of ether oxygens (including phenoxy) is 1. The zero-order valence-electron chi connectivity index (χ0n) is 13.3. The zero-order valence-corrected chi connectivity index (χ0v) is 16.5. The monoisotopic (exact) mass is 423 g/mol. The zero-order chi connectivity index (χ0) is 16.9. The highest BCUT2D eigenvalue weighted by Gasteiger charge is 2.18. The molecule has 5 heteroatoms. The normalized spacial score (nSPS) is 14.5. The number of hydrogen-bond acceptors (Lipinski definition) is 2. The molecule has 1 saturated heterocycles. The molecule has 0 saturated carbocycles. The summed E-state index contributed by atoms with van der Waals surface area (Å²) in [4.78, 5) is 3.16. The largest absolute Gasteiger partial charge is 0.488 e. The average molecular weight is 425 g/mol. The van der Waals surface area contributed by atoms with Gasteiger partial charge in [0.1, 0.15) is 17.3 Å². The molecule has 2 nitrogen and oxygen atoms in total. The van der Waals surface area contributed by atoms with Crippen LogP contribution in [0.1, 0.15) is 30.4 Å². The minimum Gasteiger partial charge on any atom is -0.488 e.